The van der Waals surface area contributed by atoms with Gasteiger partial charge in [0, 0.05) is 0 Å². The molecule has 1 fully saturated rings. The highest BCUT2D eigenvalue weighted by atomic mass is 16.6. The van der Waals surface area contributed by atoms with Gasteiger partial charge in [0.1, 0.15) is 24.0 Å². The van der Waals surface area contributed by atoms with Crippen LogP contribution in [0.3, 0.4) is 0 Å². The van der Waals surface area contributed by atoms with E-state index in [9.17, 15) is 14.7 Å². The van der Waals surface area contributed by atoms with Gasteiger partial charge in [-0.15, -0.1) is 0 Å². The minimum absolute atomic E-state index is 0.0667. The quantitative estimate of drug-likeness (QED) is 0.162. The number of carbonyl (C=O) groups excluding carboxylic acids is 2. The fourth-order valence-corrected chi connectivity index (χ4v) is 4.10. The van der Waals surface area contributed by atoms with Crippen LogP contribution in [0.4, 0.5) is 0 Å². The molecule has 1 saturated carbocycles. The molecule has 2 rings (SSSR count). The van der Waals surface area contributed by atoms with Crippen LogP contribution in [0.1, 0.15) is 52.9 Å². The van der Waals surface area contributed by atoms with Crippen molar-refractivity contribution in [2.45, 2.75) is 71.1 Å². The van der Waals surface area contributed by atoms with Gasteiger partial charge in [0.05, 0.1) is 7.11 Å². The molecule has 0 aliphatic heterocycles. The van der Waals surface area contributed by atoms with E-state index in [0.717, 1.165) is 25.7 Å². The lowest BCUT2D eigenvalue weighted by molar-refractivity contribution is -0.161. The molecule has 3 atom stereocenters. The third-order valence-electron chi connectivity index (χ3n) is 5.91. The molecule has 1 amide bonds. The fourth-order valence-electron chi connectivity index (χ4n) is 4.10. The van der Waals surface area contributed by atoms with Crippen LogP contribution < -0.4 is 10.1 Å². The van der Waals surface area contributed by atoms with Crippen molar-refractivity contribution in [3.05, 3.63) is 53.6 Å². The van der Waals surface area contributed by atoms with Crippen molar-refractivity contribution in [3.63, 3.8) is 0 Å². The molecule has 0 saturated heterocycles. The van der Waals surface area contributed by atoms with Gasteiger partial charge in [-0.2, -0.15) is 0 Å². The molecule has 0 aromatic heterocycles. The Morgan fingerprint density at radius 2 is 1.82 bits per heavy atom. The number of aliphatic hydroxyl groups excluding tert-OH is 1. The van der Waals surface area contributed by atoms with Crippen molar-refractivity contribution in [2.24, 2.45) is 10.9 Å². The molecular weight excluding hydrogens is 436 g/mol. The van der Waals surface area contributed by atoms with Crippen LogP contribution in [-0.2, 0) is 19.1 Å². The lowest BCUT2D eigenvalue weighted by Gasteiger charge is -2.34. The molecule has 186 valence electrons. The number of hydrogen-bond acceptors (Lipinski definition) is 7. The van der Waals surface area contributed by atoms with E-state index in [-0.39, 0.29) is 23.5 Å². The largest absolute Gasteiger partial charge is 0.503 e. The monoisotopic (exact) mass is 472 g/mol. The van der Waals surface area contributed by atoms with Gasteiger partial charge in [-0.25, -0.2) is 4.79 Å². The van der Waals surface area contributed by atoms with E-state index in [1.807, 2.05) is 37.3 Å². The van der Waals surface area contributed by atoms with Crippen molar-refractivity contribution in [1.29, 1.82) is 0 Å². The predicted molar refractivity (Wildman–Crippen MR) is 131 cm³/mol. The molecule has 34 heavy (non-hydrogen) atoms. The second-order valence-corrected chi connectivity index (χ2v) is 8.34. The first-order valence-corrected chi connectivity index (χ1v) is 11.7. The summed E-state index contributed by atoms with van der Waals surface area (Å²) in [6, 6.07) is 8.42. The van der Waals surface area contributed by atoms with Crippen LogP contribution in [0, 0.1) is 5.92 Å². The summed E-state index contributed by atoms with van der Waals surface area (Å²) in [5, 5.41) is 12.8. The molecule has 8 heteroatoms. The minimum atomic E-state index is -0.983. The van der Waals surface area contributed by atoms with Gasteiger partial charge in [0.25, 0.3) is 5.91 Å². The third-order valence-corrected chi connectivity index (χ3v) is 5.91. The Labute approximate surface area is 201 Å². The van der Waals surface area contributed by atoms with Gasteiger partial charge in [0.15, 0.2) is 17.2 Å². The number of esters is 1. The highest BCUT2D eigenvalue weighted by Gasteiger charge is 2.34. The summed E-state index contributed by atoms with van der Waals surface area (Å²) >= 11 is 0. The molecule has 1 aliphatic rings. The summed E-state index contributed by atoms with van der Waals surface area (Å²) in [4.78, 5) is 29.2. The fraction of sp³-hybridized carbons (Fsp3) is 0.500. The first kappa shape index (κ1) is 27.0. The second-order valence-electron chi connectivity index (χ2n) is 8.34. The normalized spacial score (nSPS) is 18.1. The van der Waals surface area contributed by atoms with Gasteiger partial charge in [-0.3, -0.25) is 9.79 Å². The smallest absolute Gasteiger partial charge is 0.328 e. The highest BCUT2D eigenvalue weighted by molar-refractivity contribution is 5.97. The van der Waals surface area contributed by atoms with Crippen LogP contribution in [0.15, 0.2) is 58.6 Å². The number of nitrogens with one attached hydrogen (secondary N) is 1. The van der Waals surface area contributed by atoms with Crippen molar-refractivity contribution >= 4 is 18.6 Å². The predicted octanol–water partition coefficient (Wildman–Crippen LogP) is 4.47. The van der Waals surface area contributed by atoms with Crippen LogP contribution in [0.25, 0.3) is 0 Å². The first-order chi connectivity index (χ1) is 16.3. The number of amides is 1. The lowest BCUT2D eigenvalue weighted by atomic mass is 9.83. The number of rotatable bonds is 11. The topological polar surface area (TPSA) is 106 Å². The molecule has 8 nitrogen and oxygen atoms in total. The maximum atomic E-state index is 13.0. The number of hydrogen-bond donors (Lipinski definition) is 2. The SMILES string of the molecule is C=N/C(C(=O)N[C@@H](C)C(=O)O[C@H](C1CCCCC1)[C@H](C)Oc1ccccc1)=C(O)\C(=C/C)OC. The summed E-state index contributed by atoms with van der Waals surface area (Å²) < 4.78 is 17.0. The number of allylic oxidation sites excluding steroid dienone is 1. The first-order valence-electron chi connectivity index (χ1n) is 11.7. The number of aliphatic hydroxyl groups is 1. The van der Waals surface area contributed by atoms with E-state index in [1.54, 1.807) is 6.92 Å². The van der Waals surface area contributed by atoms with Crippen molar-refractivity contribution in [2.75, 3.05) is 7.11 Å². The van der Waals surface area contributed by atoms with Gasteiger partial charge in [-0.05, 0) is 64.5 Å². The Kier molecular flexibility index (Phi) is 10.6. The molecule has 0 unspecified atom stereocenters. The summed E-state index contributed by atoms with van der Waals surface area (Å²) in [6.07, 6.45) is 5.87. The number of ether oxygens (including phenoxy) is 3. The van der Waals surface area contributed by atoms with Crippen LogP contribution >= 0.6 is 0 Å². The van der Waals surface area contributed by atoms with Gasteiger partial charge in [-0.1, -0.05) is 37.5 Å². The van der Waals surface area contributed by atoms with Gasteiger partial charge < -0.3 is 24.6 Å². The molecule has 0 heterocycles. The molecule has 0 spiro atoms. The van der Waals surface area contributed by atoms with E-state index in [1.165, 1.54) is 26.5 Å². The molecule has 0 bridgehead atoms. The molecule has 1 aromatic carbocycles. The standard InChI is InChI=1S/C26H36N2O6/c1-6-21(32-5)23(29)22(27-4)25(30)28-17(2)26(31)34-24(19-13-9-7-10-14-19)18(3)33-20-15-11-8-12-16-20/h6,8,11-12,15-19,24,29H,4,7,9-10,13-14H2,1-3,5H3,(H,28,30)/b21-6+,23-22+/t17-,18-,24-/m0/s1. The average molecular weight is 473 g/mol. The van der Waals surface area contributed by atoms with E-state index in [4.69, 9.17) is 14.2 Å². The van der Waals surface area contributed by atoms with Crippen LogP contribution in [0.5, 0.6) is 5.75 Å². The van der Waals surface area contributed by atoms with Crippen LogP contribution in [0.2, 0.25) is 0 Å². The second kappa shape index (κ2) is 13.4. The Bertz CT molecular complexity index is 890. The highest BCUT2D eigenvalue weighted by Crippen LogP contribution is 2.31. The molecular formula is C26H36N2O6. The van der Waals surface area contributed by atoms with E-state index < -0.39 is 29.8 Å². The zero-order chi connectivity index (χ0) is 25.1. The molecule has 2 N–H and O–H groups in total. The number of carbonyl (C=O) groups is 2. The minimum Gasteiger partial charge on any atom is -0.503 e. The van der Waals surface area contributed by atoms with Gasteiger partial charge in [0.2, 0.25) is 0 Å². The Balaban J connectivity index is 2.12. The molecule has 1 aliphatic carbocycles. The van der Waals surface area contributed by atoms with Crippen molar-refractivity contribution < 1.29 is 28.9 Å². The van der Waals surface area contributed by atoms with E-state index in [2.05, 4.69) is 17.0 Å². The number of nitrogens with zero attached hydrogens (tertiary/aromatic N) is 1. The van der Waals surface area contributed by atoms with Crippen LogP contribution in [-0.4, -0.2) is 49.1 Å². The number of methoxy groups -OCH3 is 1. The Morgan fingerprint density at radius 1 is 1.18 bits per heavy atom. The molecule has 1 aromatic rings. The average Bonchev–Trinajstić information content (AvgIpc) is 2.84. The molecule has 0 radical (unpaired) electrons. The maximum absolute atomic E-state index is 13.0. The lowest BCUT2D eigenvalue weighted by Crippen LogP contribution is -2.46. The summed E-state index contributed by atoms with van der Waals surface area (Å²) in [5.74, 6) is -0.884. The zero-order valence-corrected chi connectivity index (χ0v) is 20.5. The van der Waals surface area contributed by atoms with E-state index in [0.29, 0.717) is 5.75 Å². The number of para-hydroxylation sites is 1. The van der Waals surface area contributed by atoms with Crippen molar-refractivity contribution in [1.82, 2.24) is 5.32 Å². The Hall–Kier alpha value is -3.29. The maximum Gasteiger partial charge on any atom is 0.328 e. The van der Waals surface area contributed by atoms with Gasteiger partial charge >= 0.3 is 5.97 Å². The summed E-state index contributed by atoms with van der Waals surface area (Å²) in [7, 11) is 1.36. The van der Waals surface area contributed by atoms with Crippen molar-refractivity contribution in [3.8, 4) is 5.75 Å². The number of benzene rings is 1. The zero-order valence-electron chi connectivity index (χ0n) is 20.5. The Morgan fingerprint density at radius 3 is 2.38 bits per heavy atom. The van der Waals surface area contributed by atoms with E-state index >= 15 is 0 Å². The third kappa shape index (κ3) is 7.37. The summed E-state index contributed by atoms with van der Waals surface area (Å²) in [5.41, 5.74) is -0.348. The number of aliphatic imine (C=N–C) groups is 1. The summed E-state index contributed by atoms with van der Waals surface area (Å²) in [6.45, 7) is 8.39.